The van der Waals surface area contributed by atoms with Crippen molar-refractivity contribution in [2.45, 2.75) is 0 Å². The molecule has 0 unspecified atom stereocenters. The zero-order valence-electron chi connectivity index (χ0n) is 32.6. The Labute approximate surface area is 347 Å². The first kappa shape index (κ1) is 34.0. The van der Waals surface area contributed by atoms with Crippen LogP contribution in [0.15, 0.2) is 229 Å². The molecular formula is C56H37N3O. The number of aromatic nitrogens is 2. The lowest BCUT2D eigenvalue weighted by molar-refractivity contribution is 0.674. The topological polar surface area (TPSA) is 26.2 Å². The van der Waals surface area contributed by atoms with E-state index < -0.39 is 0 Å². The van der Waals surface area contributed by atoms with Gasteiger partial charge in [0.1, 0.15) is 11.1 Å². The maximum atomic E-state index is 6.95. The Morgan fingerprint density at radius 2 is 0.817 bits per heavy atom. The summed E-state index contributed by atoms with van der Waals surface area (Å²) in [7, 11) is 0. The lowest BCUT2D eigenvalue weighted by Gasteiger charge is -2.26. The van der Waals surface area contributed by atoms with Crippen molar-refractivity contribution in [2.75, 3.05) is 4.90 Å². The van der Waals surface area contributed by atoms with Gasteiger partial charge in [0, 0.05) is 55.5 Å². The summed E-state index contributed by atoms with van der Waals surface area (Å²) < 4.78 is 11.7. The summed E-state index contributed by atoms with van der Waals surface area (Å²) in [6, 6.07) is 80.2. The number of benzene rings is 9. The Kier molecular flexibility index (Phi) is 7.82. The fourth-order valence-electron chi connectivity index (χ4n) is 9.21. The van der Waals surface area contributed by atoms with Crippen LogP contribution in [0.25, 0.3) is 88.4 Å². The number of hydrogen-bond acceptors (Lipinski definition) is 2. The summed E-state index contributed by atoms with van der Waals surface area (Å²) in [4.78, 5) is 2.35. The molecule has 3 heterocycles. The van der Waals surface area contributed by atoms with E-state index in [2.05, 4.69) is 238 Å². The predicted octanol–water partition coefficient (Wildman–Crippen LogP) is 15.4. The second kappa shape index (κ2) is 13.8. The van der Waals surface area contributed by atoms with Gasteiger partial charge in [0.2, 0.25) is 0 Å². The molecule has 0 spiro atoms. The third-order valence-electron chi connectivity index (χ3n) is 11.9. The number of para-hydroxylation sites is 5. The second-order valence-corrected chi connectivity index (χ2v) is 15.3. The van der Waals surface area contributed by atoms with Crippen LogP contribution in [0.1, 0.15) is 0 Å². The van der Waals surface area contributed by atoms with Crippen LogP contribution in [-0.4, -0.2) is 9.13 Å². The molecular weight excluding hydrogens is 731 g/mol. The predicted molar refractivity (Wildman–Crippen MR) is 250 cm³/mol. The average Bonchev–Trinajstić information content (AvgIpc) is 3.98. The van der Waals surface area contributed by atoms with E-state index in [1.807, 2.05) is 0 Å². The zero-order valence-corrected chi connectivity index (χ0v) is 32.6. The van der Waals surface area contributed by atoms with Gasteiger partial charge in [-0.3, -0.25) is 0 Å². The first-order valence-electron chi connectivity index (χ1n) is 20.4. The first-order valence-corrected chi connectivity index (χ1v) is 20.4. The first-order chi connectivity index (χ1) is 29.8. The molecule has 0 aliphatic heterocycles. The van der Waals surface area contributed by atoms with Gasteiger partial charge in [0.05, 0.1) is 16.6 Å². The number of hydrogen-bond donors (Lipinski definition) is 0. The van der Waals surface area contributed by atoms with E-state index in [1.54, 1.807) is 0 Å². The van der Waals surface area contributed by atoms with Crippen molar-refractivity contribution in [3.63, 3.8) is 0 Å². The van der Waals surface area contributed by atoms with E-state index >= 15 is 0 Å². The van der Waals surface area contributed by atoms with Crippen molar-refractivity contribution in [1.82, 2.24) is 9.13 Å². The molecule has 0 radical (unpaired) electrons. The smallest absolute Gasteiger partial charge is 0.161 e. The molecule has 282 valence electrons. The molecule has 0 atom stereocenters. The van der Waals surface area contributed by atoms with Crippen LogP contribution < -0.4 is 4.90 Å². The molecule has 0 saturated heterocycles. The quantitative estimate of drug-likeness (QED) is 0.161. The van der Waals surface area contributed by atoms with Gasteiger partial charge in [-0.15, -0.1) is 0 Å². The molecule has 60 heavy (non-hydrogen) atoms. The molecule has 4 nitrogen and oxygen atoms in total. The van der Waals surface area contributed by atoms with Gasteiger partial charge in [0.25, 0.3) is 0 Å². The minimum Gasteiger partial charge on any atom is -0.453 e. The van der Waals surface area contributed by atoms with E-state index in [4.69, 9.17) is 4.42 Å². The molecule has 0 aliphatic rings. The average molecular weight is 768 g/mol. The van der Waals surface area contributed by atoms with E-state index in [1.165, 1.54) is 32.9 Å². The summed E-state index contributed by atoms with van der Waals surface area (Å²) in [5, 5.41) is 4.69. The van der Waals surface area contributed by atoms with Crippen LogP contribution >= 0.6 is 0 Å². The molecule has 0 fully saturated rings. The number of nitrogens with zero attached hydrogens (tertiary/aromatic N) is 3. The molecule has 12 aromatic rings. The van der Waals surface area contributed by atoms with Gasteiger partial charge in [-0.25, -0.2) is 0 Å². The summed E-state index contributed by atoms with van der Waals surface area (Å²) in [6.45, 7) is 0. The van der Waals surface area contributed by atoms with Gasteiger partial charge in [0.15, 0.2) is 5.58 Å². The number of fused-ring (bicyclic) bond motifs is 8. The van der Waals surface area contributed by atoms with Crippen molar-refractivity contribution < 1.29 is 4.42 Å². The van der Waals surface area contributed by atoms with Crippen molar-refractivity contribution in [1.29, 1.82) is 0 Å². The number of rotatable bonds is 7. The Balaban J connectivity index is 1.01. The fourth-order valence-corrected chi connectivity index (χ4v) is 9.21. The summed E-state index contributed by atoms with van der Waals surface area (Å²) in [5.74, 6) is 0. The van der Waals surface area contributed by atoms with Crippen molar-refractivity contribution in [3.8, 4) is 33.6 Å². The van der Waals surface area contributed by atoms with Crippen LogP contribution in [0.3, 0.4) is 0 Å². The SMILES string of the molecule is c1ccc(-c2ccc(N(c3ccc(-n4c5ccccc5c5ccccc54)cc3)c3cccc(-c4cccc5c4oc4c6ccccc6n(-c6ccccc6)c54)c3)cc2)cc1. The number of furan rings is 1. The molecule has 12 rings (SSSR count). The fraction of sp³-hybridized carbons (Fsp3) is 0. The second-order valence-electron chi connectivity index (χ2n) is 15.3. The zero-order chi connectivity index (χ0) is 39.6. The standard InChI is InChI=1S/C56H37N3O/c1-3-15-38(16-4-1)39-29-31-42(32-30-39)57(43-33-35-44(36-34-43)58-51-26-10-7-21-47(51)48-22-8-11-27-52(48)58)45-20-13-17-40(37-45)46-24-14-25-50-54-56(60-55(46)50)49-23-9-12-28-53(49)59(54)41-18-5-2-6-19-41/h1-37H. The highest BCUT2D eigenvalue weighted by atomic mass is 16.3. The van der Waals surface area contributed by atoms with E-state index in [0.29, 0.717) is 0 Å². The normalized spacial score (nSPS) is 11.7. The lowest BCUT2D eigenvalue weighted by Crippen LogP contribution is -2.10. The van der Waals surface area contributed by atoms with E-state index in [-0.39, 0.29) is 0 Å². The van der Waals surface area contributed by atoms with Crippen molar-refractivity contribution in [3.05, 3.63) is 224 Å². The Morgan fingerprint density at radius 3 is 1.50 bits per heavy atom. The van der Waals surface area contributed by atoms with Gasteiger partial charge >= 0.3 is 0 Å². The molecule has 0 saturated carbocycles. The summed E-state index contributed by atoms with van der Waals surface area (Å²) in [6.07, 6.45) is 0. The van der Waals surface area contributed by atoms with Gasteiger partial charge in [-0.2, -0.15) is 0 Å². The Hall–Kier alpha value is -8.08. The highest BCUT2D eigenvalue weighted by Crippen LogP contribution is 2.44. The van der Waals surface area contributed by atoms with Crippen LogP contribution in [0.4, 0.5) is 17.1 Å². The van der Waals surface area contributed by atoms with Crippen LogP contribution in [0, 0.1) is 0 Å². The van der Waals surface area contributed by atoms with Crippen LogP contribution in [-0.2, 0) is 0 Å². The van der Waals surface area contributed by atoms with E-state index in [9.17, 15) is 0 Å². The van der Waals surface area contributed by atoms with Gasteiger partial charge < -0.3 is 18.5 Å². The van der Waals surface area contributed by atoms with Crippen molar-refractivity contribution in [2.24, 2.45) is 0 Å². The number of anilines is 3. The van der Waals surface area contributed by atoms with E-state index in [0.717, 1.165) is 72.5 Å². The molecule has 0 aliphatic carbocycles. The molecule has 3 aromatic heterocycles. The molecule has 0 amide bonds. The molecule has 4 heteroatoms. The maximum absolute atomic E-state index is 6.95. The van der Waals surface area contributed by atoms with Crippen molar-refractivity contribution >= 4 is 71.8 Å². The Morgan fingerprint density at radius 1 is 0.317 bits per heavy atom. The monoisotopic (exact) mass is 767 g/mol. The maximum Gasteiger partial charge on any atom is 0.161 e. The minimum absolute atomic E-state index is 0.879. The van der Waals surface area contributed by atoms with Crippen LogP contribution in [0.5, 0.6) is 0 Å². The molecule has 0 N–H and O–H groups in total. The van der Waals surface area contributed by atoms with Gasteiger partial charge in [-0.1, -0.05) is 133 Å². The summed E-state index contributed by atoms with van der Waals surface area (Å²) >= 11 is 0. The molecule has 0 bridgehead atoms. The van der Waals surface area contributed by atoms with Crippen LogP contribution in [0.2, 0.25) is 0 Å². The highest BCUT2D eigenvalue weighted by Gasteiger charge is 2.22. The third kappa shape index (κ3) is 5.39. The third-order valence-corrected chi connectivity index (χ3v) is 11.9. The lowest BCUT2D eigenvalue weighted by atomic mass is 10.0. The Bertz CT molecular complexity index is 3470. The highest BCUT2D eigenvalue weighted by molar-refractivity contribution is 6.18. The minimum atomic E-state index is 0.879. The summed E-state index contributed by atoms with van der Waals surface area (Å²) in [5.41, 5.74) is 16.3. The molecule has 9 aromatic carbocycles. The largest absolute Gasteiger partial charge is 0.453 e. The van der Waals surface area contributed by atoms with Gasteiger partial charge in [-0.05, 0) is 108 Å².